The number of nitrogens with one attached hydrogen (secondary N) is 2. The summed E-state index contributed by atoms with van der Waals surface area (Å²) in [7, 11) is 0. The lowest BCUT2D eigenvalue weighted by Crippen LogP contribution is -2.34. The summed E-state index contributed by atoms with van der Waals surface area (Å²) in [5.41, 5.74) is 1.43. The molecule has 1 unspecified atom stereocenters. The molecule has 3 N–H and O–H groups in total. The number of carbonyl (C=O) groups is 1. The van der Waals surface area contributed by atoms with E-state index < -0.39 is 12.1 Å². The Bertz CT molecular complexity index is 676. The van der Waals surface area contributed by atoms with Crippen LogP contribution in [-0.4, -0.2) is 31.0 Å². The summed E-state index contributed by atoms with van der Waals surface area (Å²) in [5.74, 6) is 1.27. The molecule has 0 bridgehead atoms. The molecule has 2 aromatic carbocycles. The van der Waals surface area contributed by atoms with Gasteiger partial charge in [-0.1, -0.05) is 30.3 Å². The Morgan fingerprint density at radius 1 is 1.09 bits per heavy atom. The average molecular weight is 314 g/mol. The fraction of sp³-hybridized carbons (Fsp3) is 0.235. The maximum atomic E-state index is 12.1. The molecule has 120 valence electrons. The zero-order chi connectivity index (χ0) is 16.1. The van der Waals surface area contributed by atoms with E-state index in [-0.39, 0.29) is 6.61 Å². The number of aliphatic hydroxyl groups is 1. The van der Waals surface area contributed by atoms with Crippen molar-refractivity contribution < 1.29 is 19.4 Å². The summed E-state index contributed by atoms with van der Waals surface area (Å²) < 4.78 is 10.9. The number of aliphatic hydroxyl groups excluding tert-OH is 1. The van der Waals surface area contributed by atoms with Gasteiger partial charge < -0.3 is 25.2 Å². The number of urea groups is 1. The van der Waals surface area contributed by atoms with Crippen molar-refractivity contribution in [3.05, 3.63) is 54.1 Å². The van der Waals surface area contributed by atoms with Crippen LogP contribution >= 0.6 is 0 Å². The Hall–Kier alpha value is -2.73. The molecule has 1 aliphatic rings. The summed E-state index contributed by atoms with van der Waals surface area (Å²) in [5, 5.41) is 14.9. The molecule has 1 aliphatic heterocycles. The molecule has 0 aliphatic carbocycles. The van der Waals surface area contributed by atoms with E-state index in [1.807, 2.05) is 30.3 Å². The second-order valence-corrected chi connectivity index (χ2v) is 5.10. The molecule has 6 nitrogen and oxygen atoms in total. The Morgan fingerprint density at radius 2 is 1.83 bits per heavy atom. The smallest absolute Gasteiger partial charge is 0.319 e. The quantitative estimate of drug-likeness (QED) is 0.809. The molecule has 2 aromatic rings. The third kappa shape index (κ3) is 3.73. The fourth-order valence-corrected chi connectivity index (χ4v) is 2.37. The number of ether oxygens (including phenoxy) is 2. The van der Waals surface area contributed by atoms with Crippen molar-refractivity contribution in [2.75, 3.05) is 25.1 Å². The van der Waals surface area contributed by atoms with Gasteiger partial charge in [-0.15, -0.1) is 0 Å². The topological polar surface area (TPSA) is 79.8 Å². The first kappa shape index (κ1) is 15.2. The van der Waals surface area contributed by atoms with Crippen LogP contribution in [0.3, 0.4) is 0 Å². The number of benzene rings is 2. The molecule has 6 heteroatoms. The molecule has 0 fully saturated rings. The van der Waals surface area contributed by atoms with Crippen LogP contribution in [0.5, 0.6) is 11.5 Å². The van der Waals surface area contributed by atoms with Gasteiger partial charge in [-0.2, -0.15) is 0 Å². The lowest BCUT2D eigenvalue weighted by molar-refractivity contribution is 0.171. The minimum Gasteiger partial charge on any atom is -0.486 e. The molecule has 0 radical (unpaired) electrons. The first-order valence-electron chi connectivity index (χ1n) is 7.39. The highest BCUT2D eigenvalue weighted by Crippen LogP contribution is 2.32. The van der Waals surface area contributed by atoms with Crippen molar-refractivity contribution in [1.82, 2.24) is 5.32 Å². The van der Waals surface area contributed by atoms with Gasteiger partial charge in [-0.25, -0.2) is 4.79 Å². The Kier molecular flexibility index (Phi) is 4.63. The van der Waals surface area contributed by atoms with E-state index in [9.17, 15) is 9.90 Å². The molecule has 1 heterocycles. The second kappa shape index (κ2) is 7.02. The van der Waals surface area contributed by atoms with Crippen molar-refractivity contribution in [3.63, 3.8) is 0 Å². The maximum absolute atomic E-state index is 12.1. The van der Waals surface area contributed by atoms with Gasteiger partial charge in [0.1, 0.15) is 13.2 Å². The van der Waals surface area contributed by atoms with E-state index in [4.69, 9.17) is 9.47 Å². The van der Waals surface area contributed by atoms with E-state index >= 15 is 0 Å². The van der Waals surface area contributed by atoms with Crippen molar-refractivity contribution in [1.29, 1.82) is 0 Å². The highest BCUT2D eigenvalue weighted by Gasteiger charge is 2.15. The number of hydrogen-bond acceptors (Lipinski definition) is 4. The van der Waals surface area contributed by atoms with Crippen LogP contribution in [0.4, 0.5) is 10.5 Å². The van der Waals surface area contributed by atoms with E-state index in [2.05, 4.69) is 10.6 Å². The summed E-state index contributed by atoms with van der Waals surface area (Å²) in [6.45, 7) is 0.831. The van der Waals surface area contributed by atoms with Gasteiger partial charge in [0, 0.05) is 11.8 Å². The van der Waals surface area contributed by atoms with E-state index in [0.717, 1.165) is 5.56 Å². The Morgan fingerprint density at radius 3 is 2.57 bits per heavy atom. The van der Waals surface area contributed by atoms with Crippen molar-refractivity contribution >= 4 is 11.7 Å². The standard InChI is InChI=1S/C17H18N2O4/c20-11-14(12-4-2-1-3-5-12)19-17(21)18-13-6-7-15-16(10-13)23-9-8-22-15/h1-7,10,14,20H,8-9,11H2,(H2,18,19,21). The summed E-state index contributed by atoms with van der Waals surface area (Å²) in [6, 6.07) is 13.7. The number of amides is 2. The minimum absolute atomic E-state index is 0.182. The fourth-order valence-electron chi connectivity index (χ4n) is 2.37. The van der Waals surface area contributed by atoms with Crippen LogP contribution in [0.25, 0.3) is 0 Å². The molecule has 0 saturated heterocycles. The molecule has 0 saturated carbocycles. The summed E-state index contributed by atoms with van der Waals surface area (Å²) in [4.78, 5) is 12.1. The van der Waals surface area contributed by atoms with Crippen LogP contribution in [0, 0.1) is 0 Å². The van der Waals surface area contributed by atoms with Gasteiger partial charge in [0.2, 0.25) is 0 Å². The molecule has 0 aromatic heterocycles. The Labute approximate surface area is 134 Å². The number of rotatable bonds is 4. The third-order valence-corrected chi connectivity index (χ3v) is 3.49. The van der Waals surface area contributed by atoms with Crippen LogP contribution in [0.2, 0.25) is 0 Å². The van der Waals surface area contributed by atoms with Crippen molar-refractivity contribution in [2.24, 2.45) is 0 Å². The highest BCUT2D eigenvalue weighted by atomic mass is 16.6. The highest BCUT2D eigenvalue weighted by molar-refractivity contribution is 5.90. The predicted molar refractivity (Wildman–Crippen MR) is 85.9 cm³/mol. The average Bonchev–Trinajstić information content (AvgIpc) is 2.60. The largest absolute Gasteiger partial charge is 0.486 e. The molecule has 2 amide bonds. The third-order valence-electron chi connectivity index (χ3n) is 3.49. The number of carbonyl (C=O) groups excluding carboxylic acids is 1. The molecule has 1 atom stereocenters. The van der Waals surface area contributed by atoms with Gasteiger partial charge in [0.15, 0.2) is 11.5 Å². The number of hydrogen-bond donors (Lipinski definition) is 3. The molecular weight excluding hydrogens is 296 g/mol. The summed E-state index contributed by atoms with van der Waals surface area (Å²) in [6.07, 6.45) is 0. The molecule has 3 rings (SSSR count). The lowest BCUT2D eigenvalue weighted by atomic mass is 10.1. The molecular formula is C17H18N2O4. The van der Waals surface area contributed by atoms with Gasteiger partial charge in [-0.05, 0) is 17.7 Å². The van der Waals surface area contributed by atoms with Gasteiger partial charge in [0.05, 0.1) is 12.6 Å². The predicted octanol–water partition coefficient (Wildman–Crippen LogP) is 2.31. The number of fused-ring (bicyclic) bond motifs is 1. The van der Waals surface area contributed by atoms with Crippen LogP contribution in [0.15, 0.2) is 48.5 Å². The zero-order valence-electron chi connectivity index (χ0n) is 12.5. The van der Waals surface area contributed by atoms with E-state index in [1.54, 1.807) is 18.2 Å². The van der Waals surface area contributed by atoms with Crippen LogP contribution < -0.4 is 20.1 Å². The summed E-state index contributed by atoms with van der Waals surface area (Å²) >= 11 is 0. The maximum Gasteiger partial charge on any atom is 0.319 e. The van der Waals surface area contributed by atoms with E-state index in [0.29, 0.717) is 30.4 Å². The first-order chi connectivity index (χ1) is 11.3. The lowest BCUT2D eigenvalue weighted by Gasteiger charge is -2.20. The Balaban J connectivity index is 1.64. The van der Waals surface area contributed by atoms with Crippen molar-refractivity contribution in [2.45, 2.75) is 6.04 Å². The molecule has 23 heavy (non-hydrogen) atoms. The number of anilines is 1. The SMILES string of the molecule is O=C(Nc1ccc2c(c1)OCCO2)NC(CO)c1ccccc1. The minimum atomic E-state index is -0.464. The van der Waals surface area contributed by atoms with E-state index in [1.165, 1.54) is 0 Å². The second-order valence-electron chi connectivity index (χ2n) is 5.10. The zero-order valence-corrected chi connectivity index (χ0v) is 12.5. The van der Waals surface area contributed by atoms with Gasteiger partial charge in [0.25, 0.3) is 0 Å². The monoisotopic (exact) mass is 314 g/mol. The first-order valence-corrected chi connectivity index (χ1v) is 7.39. The van der Waals surface area contributed by atoms with Crippen molar-refractivity contribution in [3.8, 4) is 11.5 Å². The molecule has 0 spiro atoms. The van der Waals surface area contributed by atoms with Gasteiger partial charge >= 0.3 is 6.03 Å². The van der Waals surface area contributed by atoms with Crippen LogP contribution in [-0.2, 0) is 0 Å². The normalized spacial score (nSPS) is 14.0. The van der Waals surface area contributed by atoms with Crippen LogP contribution in [0.1, 0.15) is 11.6 Å². The van der Waals surface area contributed by atoms with Gasteiger partial charge in [-0.3, -0.25) is 0 Å².